The molecule has 0 bridgehead atoms. The molecule has 2 aromatic carbocycles. The molecule has 0 saturated heterocycles. The van der Waals surface area contributed by atoms with E-state index in [1.807, 2.05) is 0 Å². The van der Waals surface area contributed by atoms with Gasteiger partial charge in [0.25, 0.3) is 5.69 Å². The third-order valence-corrected chi connectivity index (χ3v) is 4.38. The van der Waals surface area contributed by atoms with E-state index in [4.69, 9.17) is 23.2 Å². The summed E-state index contributed by atoms with van der Waals surface area (Å²) in [4.78, 5) is 14.5. The first-order valence-corrected chi connectivity index (χ1v) is 8.75. The maximum Gasteiger partial charge on any atom is 0.399 e. The number of rotatable bonds is 5. The molecule has 0 aliphatic rings. The summed E-state index contributed by atoms with van der Waals surface area (Å²) in [5.74, 6) is -1.99. The first-order valence-electron chi connectivity index (χ1n) is 7.99. The van der Waals surface area contributed by atoms with Gasteiger partial charge in [0, 0.05) is 16.1 Å². The summed E-state index contributed by atoms with van der Waals surface area (Å²) < 4.78 is 41.9. The molecule has 0 saturated carbocycles. The van der Waals surface area contributed by atoms with Crippen molar-refractivity contribution in [2.24, 2.45) is 0 Å². The molecule has 0 amide bonds. The second-order valence-corrected chi connectivity index (χ2v) is 6.80. The maximum atomic E-state index is 13.6. The van der Waals surface area contributed by atoms with Crippen LogP contribution in [0.25, 0.3) is 11.8 Å². The van der Waals surface area contributed by atoms with Crippen LogP contribution in [0.15, 0.2) is 55.1 Å². The zero-order valence-electron chi connectivity index (χ0n) is 14.3. The number of nitro benzene ring substituents is 1. The Bertz CT molecular complexity index is 1050. The lowest BCUT2D eigenvalue weighted by Crippen LogP contribution is -2.18. The molecule has 0 radical (unpaired) electrons. The minimum absolute atomic E-state index is 0.0722. The lowest BCUT2D eigenvalue weighted by Gasteiger charge is -2.18. The Kier molecular flexibility index (Phi) is 5.90. The Hall–Kier alpha value is -2.91. The minimum Gasteiger partial charge on any atom is -0.258 e. The van der Waals surface area contributed by atoms with Crippen molar-refractivity contribution in [1.82, 2.24) is 14.8 Å². The first-order chi connectivity index (χ1) is 13.6. The Labute approximate surface area is 172 Å². The van der Waals surface area contributed by atoms with Crippen LogP contribution < -0.4 is 0 Å². The Morgan fingerprint density at radius 2 is 1.83 bits per heavy atom. The lowest BCUT2D eigenvalue weighted by molar-refractivity contribution is -0.384. The SMILES string of the molecule is O=[N+]([O-])c1cc(/C=C/C(c2cc(Cl)cc(Cl)c2)C(F)(F)F)ccc1-n1cncn1. The molecule has 29 heavy (non-hydrogen) atoms. The van der Waals surface area contributed by atoms with Gasteiger partial charge in [0.1, 0.15) is 18.3 Å². The van der Waals surface area contributed by atoms with Gasteiger partial charge in [0.05, 0.1) is 10.8 Å². The maximum absolute atomic E-state index is 13.6. The lowest BCUT2D eigenvalue weighted by atomic mass is 9.97. The van der Waals surface area contributed by atoms with Gasteiger partial charge in [-0.05, 0) is 35.4 Å². The van der Waals surface area contributed by atoms with Gasteiger partial charge in [0.2, 0.25) is 0 Å². The van der Waals surface area contributed by atoms with Gasteiger partial charge in [-0.15, -0.1) is 0 Å². The summed E-state index contributed by atoms with van der Waals surface area (Å²) in [6.07, 6.45) is -0.0691. The molecule has 6 nitrogen and oxygen atoms in total. The number of nitro groups is 1. The van der Waals surface area contributed by atoms with Gasteiger partial charge in [-0.2, -0.15) is 18.3 Å². The van der Waals surface area contributed by atoms with Crippen molar-refractivity contribution in [2.75, 3.05) is 0 Å². The van der Waals surface area contributed by atoms with E-state index in [1.165, 1.54) is 47.7 Å². The van der Waals surface area contributed by atoms with E-state index in [9.17, 15) is 23.3 Å². The van der Waals surface area contributed by atoms with E-state index < -0.39 is 17.0 Å². The molecule has 3 rings (SSSR count). The summed E-state index contributed by atoms with van der Waals surface area (Å²) in [7, 11) is 0. The average Bonchev–Trinajstić information content (AvgIpc) is 3.14. The molecule has 0 N–H and O–H groups in total. The van der Waals surface area contributed by atoms with Crippen molar-refractivity contribution in [3.8, 4) is 5.69 Å². The molecule has 3 aromatic rings. The summed E-state index contributed by atoms with van der Waals surface area (Å²) >= 11 is 11.6. The number of halogens is 5. The van der Waals surface area contributed by atoms with Gasteiger partial charge in [0.15, 0.2) is 0 Å². The van der Waals surface area contributed by atoms with E-state index in [-0.39, 0.29) is 32.5 Å². The van der Waals surface area contributed by atoms with Crippen LogP contribution in [0.2, 0.25) is 10.0 Å². The van der Waals surface area contributed by atoms with Gasteiger partial charge in [-0.3, -0.25) is 10.1 Å². The summed E-state index contributed by atoms with van der Waals surface area (Å²) in [5, 5.41) is 15.3. The summed E-state index contributed by atoms with van der Waals surface area (Å²) in [6, 6.07) is 7.66. The van der Waals surface area contributed by atoms with Crippen molar-refractivity contribution < 1.29 is 18.1 Å². The number of benzene rings is 2. The largest absolute Gasteiger partial charge is 0.399 e. The van der Waals surface area contributed by atoms with Crippen LogP contribution in [0.3, 0.4) is 0 Å². The topological polar surface area (TPSA) is 73.8 Å². The van der Waals surface area contributed by atoms with E-state index in [1.54, 1.807) is 0 Å². The number of hydrogen-bond donors (Lipinski definition) is 0. The molecule has 1 atom stereocenters. The normalized spacial score (nSPS) is 13.0. The highest BCUT2D eigenvalue weighted by Gasteiger charge is 2.39. The van der Waals surface area contributed by atoms with Gasteiger partial charge < -0.3 is 0 Å². The van der Waals surface area contributed by atoms with Crippen LogP contribution in [0.1, 0.15) is 17.0 Å². The van der Waals surface area contributed by atoms with E-state index >= 15 is 0 Å². The molecule has 150 valence electrons. The van der Waals surface area contributed by atoms with E-state index in [0.717, 1.165) is 18.2 Å². The molecule has 0 aliphatic carbocycles. The minimum atomic E-state index is -4.61. The van der Waals surface area contributed by atoms with Crippen LogP contribution in [0.4, 0.5) is 18.9 Å². The zero-order chi connectivity index (χ0) is 21.2. The van der Waals surface area contributed by atoms with Crippen LogP contribution in [0, 0.1) is 10.1 Å². The predicted molar refractivity (Wildman–Crippen MR) is 102 cm³/mol. The number of alkyl halides is 3. The highest BCUT2D eigenvalue weighted by molar-refractivity contribution is 6.34. The Balaban J connectivity index is 1.99. The van der Waals surface area contributed by atoms with E-state index in [0.29, 0.717) is 0 Å². The average molecular weight is 443 g/mol. The van der Waals surface area contributed by atoms with Crippen molar-refractivity contribution in [2.45, 2.75) is 12.1 Å². The molecule has 1 unspecified atom stereocenters. The number of allylic oxidation sites excluding steroid dienone is 1. The monoisotopic (exact) mass is 442 g/mol. The number of aromatic nitrogens is 3. The van der Waals surface area contributed by atoms with Crippen LogP contribution in [-0.4, -0.2) is 25.9 Å². The van der Waals surface area contributed by atoms with E-state index in [2.05, 4.69) is 10.1 Å². The quantitative estimate of drug-likeness (QED) is 0.367. The number of nitrogens with zero attached hydrogens (tertiary/aromatic N) is 4. The smallest absolute Gasteiger partial charge is 0.258 e. The fraction of sp³-hybridized carbons (Fsp3) is 0.111. The molecular formula is C18H11Cl2F3N4O2. The second kappa shape index (κ2) is 8.22. The van der Waals surface area contributed by atoms with Crippen LogP contribution in [0.5, 0.6) is 0 Å². The fourth-order valence-corrected chi connectivity index (χ4v) is 3.23. The fourth-order valence-electron chi connectivity index (χ4n) is 2.69. The number of hydrogen-bond acceptors (Lipinski definition) is 4. The molecule has 1 aromatic heterocycles. The highest BCUT2D eigenvalue weighted by atomic mass is 35.5. The molecule has 0 spiro atoms. The van der Waals surface area contributed by atoms with Crippen LogP contribution in [-0.2, 0) is 0 Å². The molecular weight excluding hydrogens is 432 g/mol. The third-order valence-electron chi connectivity index (χ3n) is 3.94. The van der Waals surface area contributed by atoms with Gasteiger partial charge >= 0.3 is 6.18 Å². The van der Waals surface area contributed by atoms with Gasteiger partial charge in [-0.25, -0.2) is 9.67 Å². The second-order valence-electron chi connectivity index (χ2n) is 5.93. The van der Waals surface area contributed by atoms with Crippen molar-refractivity contribution in [1.29, 1.82) is 0 Å². The molecule has 1 heterocycles. The summed E-state index contributed by atoms with van der Waals surface area (Å²) in [5.41, 5.74) is -0.117. The van der Waals surface area contributed by atoms with Crippen molar-refractivity contribution in [3.63, 3.8) is 0 Å². The summed E-state index contributed by atoms with van der Waals surface area (Å²) in [6.45, 7) is 0. The van der Waals surface area contributed by atoms with Gasteiger partial charge in [-0.1, -0.05) is 41.4 Å². The third kappa shape index (κ3) is 4.93. The highest BCUT2D eigenvalue weighted by Crippen LogP contribution is 2.38. The van der Waals surface area contributed by atoms with Crippen LogP contribution >= 0.6 is 23.2 Å². The zero-order valence-corrected chi connectivity index (χ0v) is 15.9. The predicted octanol–water partition coefficient (Wildman–Crippen LogP) is 5.84. The standard InChI is InChI=1S/C18H11Cl2F3N4O2/c19-13-6-12(7-14(20)8-13)15(18(21,22)23)3-1-11-2-4-16(17(5-11)27(28)29)26-10-24-9-25-26/h1-10,15H/b3-1+. The Morgan fingerprint density at radius 1 is 1.14 bits per heavy atom. The van der Waals surface area contributed by atoms with Crippen molar-refractivity contribution in [3.05, 3.63) is 86.4 Å². The molecule has 0 aliphatic heterocycles. The van der Waals surface area contributed by atoms with Crippen molar-refractivity contribution >= 4 is 35.0 Å². The first kappa shape index (κ1) is 20.8. The molecule has 11 heteroatoms. The molecule has 0 fully saturated rings. The Morgan fingerprint density at radius 3 is 2.38 bits per heavy atom.